The maximum Gasteiger partial charge on any atom is 0.224 e. The van der Waals surface area contributed by atoms with Crippen molar-refractivity contribution in [2.45, 2.75) is 19.3 Å². The van der Waals surface area contributed by atoms with Crippen molar-refractivity contribution in [3.05, 3.63) is 23.8 Å². The lowest BCUT2D eigenvalue weighted by Gasteiger charge is -2.22. The van der Waals surface area contributed by atoms with Crippen LogP contribution < -0.4 is 10.2 Å². The van der Waals surface area contributed by atoms with E-state index in [1.807, 2.05) is 36.2 Å². The number of likely N-dealkylation sites (N-methyl/N-ethyl adjacent to an activating group) is 1. The van der Waals surface area contributed by atoms with E-state index in [-0.39, 0.29) is 24.7 Å². The minimum absolute atomic E-state index is 0.0396. The summed E-state index contributed by atoms with van der Waals surface area (Å²) < 4.78 is 0. The lowest BCUT2D eigenvalue weighted by atomic mass is 10.0. The van der Waals surface area contributed by atoms with E-state index in [2.05, 4.69) is 5.32 Å². The number of carbonyl (C=O) groups excluding carboxylic acids is 2. The van der Waals surface area contributed by atoms with Crippen LogP contribution in [0.4, 0.5) is 11.4 Å². The van der Waals surface area contributed by atoms with Crippen LogP contribution in [0.15, 0.2) is 18.2 Å². The zero-order chi connectivity index (χ0) is 13.8. The molecule has 1 aliphatic rings. The van der Waals surface area contributed by atoms with E-state index in [0.717, 1.165) is 23.4 Å². The summed E-state index contributed by atoms with van der Waals surface area (Å²) in [6.45, 7) is 0.221. The molecule has 0 atom stereocenters. The van der Waals surface area contributed by atoms with Crippen LogP contribution in [0.5, 0.6) is 0 Å². The van der Waals surface area contributed by atoms with Crippen molar-refractivity contribution in [1.82, 2.24) is 0 Å². The number of hydrogen-bond donors (Lipinski definition) is 1. The topological polar surface area (TPSA) is 73.2 Å². The fourth-order valence-electron chi connectivity index (χ4n) is 2.11. The van der Waals surface area contributed by atoms with E-state index in [1.165, 1.54) is 0 Å². The standard InChI is InChI=1S/C14H15N3O2/c1-17(9-12(18)6-7-15)11-3-4-13-10(8-11)2-5-14(19)16-13/h3-4,8H,2,5-6,9H2,1H3,(H,16,19). The van der Waals surface area contributed by atoms with Crippen LogP contribution in [0, 0.1) is 11.3 Å². The van der Waals surface area contributed by atoms with Gasteiger partial charge in [-0.2, -0.15) is 5.26 Å². The third-order valence-corrected chi connectivity index (χ3v) is 3.11. The van der Waals surface area contributed by atoms with Crippen molar-refractivity contribution in [3.63, 3.8) is 0 Å². The van der Waals surface area contributed by atoms with Gasteiger partial charge in [0.15, 0.2) is 5.78 Å². The van der Waals surface area contributed by atoms with Gasteiger partial charge in [-0.05, 0) is 30.2 Å². The van der Waals surface area contributed by atoms with E-state index < -0.39 is 0 Å². The van der Waals surface area contributed by atoms with E-state index >= 15 is 0 Å². The zero-order valence-electron chi connectivity index (χ0n) is 10.8. The van der Waals surface area contributed by atoms with Gasteiger partial charge in [0, 0.05) is 24.8 Å². The van der Waals surface area contributed by atoms with Gasteiger partial charge in [0.25, 0.3) is 0 Å². The first kappa shape index (κ1) is 13.1. The highest BCUT2D eigenvalue weighted by molar-refractivity contribution is 5.94. The van der Waals surface area contributed by atoms with Crippen molar-refractivity contribution >= 4 is 23.1 Å². The Morgan fingerprint density at radius 2 is 2.26 bits per heavy atom. The highest BCUT2D eigenvalue weighted by atomic mass is 16.1. The predicted molar refractivity (Wildman–Crippen MR) is 71.9 cm³/mol. The normalized spacial score (nSPS) is 13.2. The van der Waals surface area contributed by atoms with Crippen molar-refractivity contribution in [2.75, 3.05) is 23.8 Å². The smallest absolute Gasteiger partial charge is 0.224 e. The Bertz CT molecular complexity index is 560. The highest BCUT2D eigenvalue weighted by Gasteiger charge is 2.16. The van der Waals surface area contributed by atoms with Crippen LogP contribution in [0.1, 0.15) is 18.4 Å². The molecule has 0 radical (unpaired) electrons. The Morgan fingerprint density at radius 1 is 1.47 bits per heavy atom. The van der Waals surface area contributed by atoms with Crippen molar-refractivity contribution < 1.29 is 9.59 Å². The molecule has 1 amide bonds. The minimum atomic E-state index is -0.101. The average molecular weight is 257 g/mol. The van der Waals surface area contributed by atoms with E-state index in [1.54, 1.807) is 0 Å². The monoisotopic (exact) mass is 257 g/mol. The maximum atomic E-state index is 11.4. The van der Waals surface area contributed by atoms with Gasteiger partial charge in [-0.15, -0.1) is 0 Å². The maximum absolute atomic E-state index is 11.4. The number of ketones is 1. The Morgan fingerprint density at radius 3 is 3.00 bits per heavy atom. The summed E-state index contributed by atoms with van der Waals surface area (Å²) >= 11 is 0. The Hall–Kier alpha value is -2.35. The second kappa shape index (κ2) is 5.53. The number of amides is 1. The minimum Gasteiger partial charge on any atom is -0.367 e. The summed E-state index contributed by atoms with van der Waals surface area (Å²) in [5, 5.41) is 11.3. The number of nitrogens with zero attached hydrogens (tertiary/aromatic N) is 2. The van der Waals surface area contributed by atoms with Gasteiger partial charge < -0.3 is 10.2 Å². The molecule has 1 aromatic rings. The van der Waals surface area contributed by atoms with E-state index in [0.29, 0.717) is 6.42 Å². The second-order valence-corrected chi connectivity index (χ2v) is 4.62. The highest BCUT2D eigenvalue weighted by Crippen LogP contribution is 2.27. The summed E-state index contributed by atoms with van der Waals surface area (Å²) in [6, 6.07) is 7.56. The molecular formula is C14H15N3O2. The van der Waals surface area contributed by atoms with Crippen molar-refractivity contribution in [1.29, 1.82) is 5.26 Å². The summed E-state index contributed by atoms with van der Waals surface area (Å²) in [5.41, 5.74) is 2.84. The fourth-order valence-corrected chi connectivity index (χ4v) is 2.11. The predicted octanol–water partition coefficient (Wildman–Crippen LogP) is 1.49. The molecule has 0 aliphatic carbocycles. The first-order valence-corrected chi connectivity index (χ1v) is 6.12. The molecule has 0 saturated heterocycles. The number of aryl methyl sites for hydroxylation is 1. The van der Waals surface area contributed by atoms with Crippen LogP contribution in [0.2, 0.25) is 0 Å². The molecule has 19 heavy (non-hydrogen) atoms. The molecule has 0 spiro atoms. The summed E-state index contributed by atoms with van der Waals surface area (Å²) in [5.74, 6) is -0.0613. The third-order valence-electron chi connectivity index (χ3n) is 3.11. The molecule has 0 fully saturated rings. The number of benzene rings is 1. The molecule has 0 aromatic heterocycles. The number of fused-ring (bicyclic) bond motifs is 1. The molecule has 1 aliphatic heterocycles. The van der Waals surface area contributed by atoms with Crippen LogP contribution in [0.25, 0.3) is 0 Å². The van der Waals surface area contributed by atoms with Gasteiger partial charge in [0.2, 0.25) is 5.91 Å². The van der Waals surface area contributed by atoms with E-state index in [4.69, 9.17) is 5.26 Å². The number of Topliss-reactive ketones (excluding diaryl/α,β-unsaturated/α-hetero) is 1. The quantitative estimate of drug-likeness (QED) is 0.887. The molecule has 1 aromatic carbocycles. The van der Waals surface area contributed by atoms with Crippen LogP contribution in [-0.2, 0) is 16.0 Å². The van der Waals surface area contributed by atoms with Gasteiger partial charge in [-0.25, -0.2) is 0 Å². The third kappa shape index (κ3) is 3.10. The molecule has 5 nitrogen and oxygen atoms in total. The first-order chi connectivity index (χ1) is 9.10. The molecule has 1 N–H and O–H groups in total. The van der Waals surface area contributed by atoms with Gasteiger partial charge in [0.1, 0.15) is 0 Å². The molecule has 1 heterocycles. The average Bonchev–Trinajstić information content (AvgIpc) is 2.38. The number of nitriles is 1. The fraction of sp³-hybridized carbons (Fsp3) is 0.357. The summed E-state index contributed by atoms with van der Waals surface area (Å²) in [4.78, 5) is 24.5. The number of carbonyl (C=O) groups is 2. The van der Waals surface area contributed by atoms with Crippen LogP contribution >= 0.6 is 0 Å². The molecule has 98 valence electrons. The second-order valence-electron chi connectivity index (χ2n) is 4.62. The number of hydrogen-bond acceptors (Lipinski definition) is 4. The first-order valence-electron chi connectivity index (χ1n) is 6.12. The Balaban J connectivity index is 2.11. The lowest BCUT2D eigenvalue weighted by molar-refractivity contribution is -0.117. The molecular weight excluding hydrogens is 242 g/mol. The molecule has 0 saturated carbocycles. The number of rotatable bonds is 4. The van der Waals surface area contributed by atoms with E-state index in [9.17, 15) is 9.59 Å². The molecule has 5 heteroatoms. The summed E-state index contributed by atoms with van der Waals surface area (Å²) in [6.07, 6.45) is 1.15. The van der Waals surface area contributed by atoms with Gasteiger partial charge in [-0.3, -0.25) is 9.59 Å². The molecule has 2 rings (SSSR count). The summed E-state index contributed by atoms with van der Waals surface area (Å²) in [7, 11) is 1.82. The lowest BCUT2D eigenvalue weighted by Crippen LogP contribution is -2.26. The van der Waals surface area contributed by atoms with Gasteiger partial charge in [0.05, 0.1) is 19.0 Å². The van der Waals surface area contributed by atoms with Gasteiger partial charge >= 0.3 is 0 Å². The largest absolute Gasteiger partial charge is 0.367 e. The van der Waals surface area contributed by atoms with Gasteiger partial charge in [-0.1, -0.05) is 0 Å². The van der Waals surface area contributed by atoms with Crippen LogP contribution in [0.3, 0.4) is 0 Å². The van der Waals surface area contributed by atoms with Crippen molar-refractivity contribution in [2.24, 2.45) is 0 Å². The van der Waals surface area contributed by atoms with Crippen LogP contribution in [-0.4, -0.2) is 25.3 Å². The number of anilines is 2. The number of nitrogens with one attached hydrogen (secondary N) is 1. The SMILES string of the molecule is CN(CC(=O)CC#N)c1ccc2c(c1)CCC(=O)N2. The molecule has 0 bridgehead atoms. The van der Waals surface area contributed by atoms with Crippen molar-refractivity contribution in [3.8, 4) is 6.07 Å². The Kier molecular flexibility index (Phi) is 3.81. The molecule has 0 unspecified atom stereocenters. The Labute approximate surface area is 111 Å². The zero-order valence-corrected chi connectivity index (χ0v) is 10.8.